The van der Waals surface area contributed by atoms with Gasteiger partial charge in [-0.25, -0.2) is 13.4 Å². The van der Waals surface area contributed by atoms with Gasteiger partial charge in [-0.1, -0.05) is 42.5 Å². The fraction of sp³-hybridized carbons (Fsp3) is 0.0500. The van der Waals surface area contributed by atoms with E-state index in [-0.39, 0.29) is 5.75 Å². The third kappa shape index (κ3) is 3.19. The summed E-state index contributed by atoms with van der Waals surface area (Å²) in [6, 6.07) is 23.3. The standard InChI is InChI=1S/C20H15NO3S/c22-25(23,17-6-2-1-3-7-17)14-15-10-12-16(13-11-15)20-21-18-8-4-5-9-19(18)24-20/h1-13H,14H2. The molecular weight excluding hydrogens is 334 g/mol. The molecule has 0 fully saturated rings. The minimum absolute atomic E-state index is 0.0369. The minimum atomic E-state index is -3.35. The topological polar surface area (TPSA) is 60.2 Å². The van der Waals surface area contributed by atoms with E-state index in [9.17, 15) is 8.42 Å². The van der Waals surface area contributed by atoms with Crippen LogP contribution in [-0.2, 0) is 15.6 Å². The molecule has 0 unspecified atom stereocenters. The van der Waals surface area contributed by atoms with Gasteiger partial charge in [-0.15, -0.1) is 0 Å². The van der Waals surface area contributed by atoms with Crippen molar-refractivity contribution in [3.05, 3.63) is 84.4 Å². The van der Waals surface area contributed by atoms with Gasteiger partial charge in [0.2, 0.25) is 5.89 Å². The normalized spacial score (nSPS) is 11.7. The summed E-state index contributed by atoms with van der Waals surface area (Å²) in [5, 5.41) is 0. The molecule has 0 aliphatic carbocycles. The molecule has 0 spiro atoms. The Morgan fingerprint density at radius 3 is 2.20 bits per heavy atom. The molecule has 5 heteroatoms. The summed E-state index contributed by atoms with van der Waals surface area (Å²) in [7, 11) is -3.35. The summed E-state index contributed by atoms with van der Waals surface area (Å²) in [5.74, 6) is 0.490. The Morgan fingerprint density at radius 2 is 1.48 bits per heavy atom. The van der Waals surface area contributed by atoms with E-state index in [2.05, 4.69) is 4.98 Å². The molecule has 124 valence electrons. The van der Waals surface area contributed by atoms with Crippen molar-refractivity contribution in [2.24, 2.45) is 0 Å². The van der Waals surface area contributed by atoms with Crippen molar-refractivity contribution >= 4 is 20.9 Å². The molecule has 0 saturated heterocycles. The lowest BCUT2D eigenvalue weighted by Crippen LogP contribution is -2.04. The number of hydrogen-bond acceptors (Lipinski definition) is 4. The molecule has 0 aliphatic rings. The maximum absolute atomic E-state index is 12.4. The summed E-state index contributed by atoms with van der Waals surface area (Å²) in [6.07, 6.45) is 0. The fourth-order valence-corrected chi connectivity index (χ4v) is 4.04. The maximum atomic E-state index is 12.4. The predicted molar refractivity (Wildman–Crippen MR) is 96.8 cm³/mol. The van der Waals surface area contributed by atoms with Crippen LogP contribution in [0, 0.1) is 0 Å². The van der Waals surface area contributed by atoms with Crippen LogP contribution in [0.2, 0.25) is 0 Å². The number of aromatic nitrogens is 1. The van der Waals surface area contributed by atoms with Crippen LogP contribution in [0.15, 0.2) is 88.2 Å². The highest BCUT2D eigenvalue weighted by molar-refractivity contribution is 7.90. The van der Waals surface area contributed by atoms with Gasteiger partial charge in [0.05, 0.1) is 10.6 Å². The van der Waals surface area contributed by atoms with Crippen molar-refractivity contribution in [3.8, 4) is 11.5 Å². The third-order valence-corrected chi connectivity index (χ3v) is 5.66. The van der Waals surface area contributed by atoms with Gasteiger partial charge < -0.3 is 4.42 Å². The zero-order valence-electron chi connectivity index (χ0n) is 13.3. The summed E-state index contributed by atoms with van der Waals surface area (Å²) in [5.41, 5.74) is 3.07. The SMILES string of the molecule is O=S(=O)(Cc1ccc(-c2nc3ccccc3o2)cc1)c1ccccc1. The van der Waals surface area contributed by atoms with E-state index in [1.54, 1.807) is 42.5 Å². The number of fused-ring (bicyclic) bond motifs is 1. The molecule has 3 aromatic carbocycles. The van der Waals surface area contributed by atoms with Crippen molar-refractivity contribution in [2.45, 2.75) is 10.6 Å². The molecule has 4 nitrogen and oxygen atoms in total. The van der Waals surface area contributed by atoms with Crippen LogP contribution in [0.25, 0.3) is 22.6 Å². The average molecular weight is 349 g/mol. The first-order chi connectivity index (χ1) is 12.1. The molecule has 0 radical (unpaired) electrons. The van der Waals surface area contributed by atoms with Crippen LogP contribution in [0.4, 0.5) is 0 Å². The highest BCUT2D eigenvalue weighted by Gasteiger charge is 2.15. The first kappa shape index (κ1) is 15.6. The van der Waals surface area contributed by atoms with Gasteiger partial charge in [-0.2, -0.15) is 0 Å². The Kier molecular flexibility index (Phi) is 3.86. The molecule has 4 aromatic rings. The van der Waals surface area contributed by atoms with Gasteiger partial charge in [-0.3, -0.25) is 0 Å². The van der Waals surface area contributed by atoms with E-state index >= 15 is 0 Å². The number of rotatable bonds is 4. The van der Waals surface area contributed by atoms with Gasteiger partial charge >= 0.3 is 0 Å². The van der Waals surface area contributed by atoms with Gasteiger partial charge in [0, 0.05) is 5.56 Å². The van der Waals surface area contributed by atoms with Crippen molar-refractivity contribution in [3.63, 3.8) is 0 Å². The number of para-hydroxylation sites is 2. The molecule has 1 heterocycles. The van der Waals surface area contributed by atoms with Crippen LogP contribution in [-0.4, -0.2) is 13.4 Å². The summed E-state index contributed by atoms with van der Waals surface area (Å²) >= 11 is 0. The van der Waals surface area contributed by atoms with Gasteiger partial charge in [-0.05, 0) is 42.0 Å². The van der Waals surface area contributed by atoms with Crippen LogP contribution in [0.5, 0.6) is 0 Å². The molecule has 0 aliphatic heterocycles. The zero-order chi connectivity index (χ0) is 17.3. The van der Waals surface area contributed by atoms with Crippen LogP contribution in [0.1, 0.15) is 5.56 Å². The molecule has 0 saturated carbocycles. The van der Waals surface area contributed by atoms with E-state index in [4.69, 9.17) is 4.42 Å². The zero-order valence-corrected chi connectivity index (χ0v) is 14.1. The highest BCUT2D eigenvalue weighted by atomic mass is 32.2. The highest BCUT2D eigenvalue weighted by Crippen LogP contribution is 2.25. The van der Waals surface area contributed by atoms with Crippen molar-refractivity contribution in [2.75, 3.05) is 0 Å². The van der Waals surface area contributed by atoms with Gasteiger partial charge in [0.15, 0.2) is 15.4 Å². The Labute approximate surface area is 145 Å². The molecular formula is C20H15NO3S. The number of sulfone groups is 1. The quantitative estimate of drug-likeness (QED) is 0.545. The second kappa shape index (κ2) is 6.18. The minimum Gasteiger partial charge on any atom is -0.436 e. The Bertz CT molecular complexity index is 1080. The summed E-state index contributed by atoms with van der Waals surface area (Å²) < 4.78 is 30.6. The van der Waals surface area contributed by atoms with E-state index in [1.807, 2.05) is 36.4 Å². The van der Waals surface area contributed by atoms with E-state index in [0.29, 0.717) is 10.8 Å². The maximum Gasteiger partial charge on any atom is 0.227 e. The Hall–Kier alpha value is -2.92. The molecule has 4 rings (SSSR count). The predicted octanol–water partition coefficient (Wildman–Crippen LogP) is 4.47. The first-order valence-corrected chi connectivity index (χ1v) is 9.50. The Balaban J connectivity index is 1.60. The number of oxazole rings is 1. The summed E-state index contributed by atoms with van der Waals surface area (Å²) in [6.45, 7) is 0. The van der Waals surface area contributed by atoms with Crippen LogP contribution in [0.3, 0.4) is 0 Å². The summed E-state index contributed by atoms with van der Waals surface area (Å²) in [4.78, 5) is 4.78. The molecule has 0 atom stereocenters. The lowest BCUT2D eigenvalue weighted by Gasteiger charge is -2.05. The Morgan fingerprint density at radius 1 is 0.800 bits per heavy atom. The molecule has 25 heavy (non-hydrogen) atoms. The number of nitrogens with zero attached hydrogens (tertiary/aromatic N) is 1. The second-order valence-electron chi connectivity index (χ2n) is 5.76. The van der Waals surface area contributed by atoms with Crippen molar-refractivity contribution < 1.29 is 12.8 Å². The molecule has 0 amide bonds. The van der Waals surface area contributed by atoms with Crippen LogP contribution < -0.4 is 0 Å². The lowest BCUT2D eigenvalue weighted by atomic mass is 10.1. The van der Waals surface area contributed by atoms with Crippen molar-refractivity contribution in [1.29, 1.82) is 0 Å². The monoisotopic (exact) mass is 349 g/mol. The molecule has 1 aromatic heterocycles. The van der Waals surface area contributed by atoms with Crippen molar-refractivity contribution in [1.82, 2.24) is 4.98 Å². The van der Waals surface area contributed by atoms with E-state index in [0.717, 1.165) is 22.2 Å². The number of hydrogen-bond donors (Lipinski definition) is 0. The lowest BCUT2D eigenvalue weighted by molar-refractivity contribution is 0.595. The molecule has 0 N–H and O–H groups in total. The second-order valence-corrected chi connectivity index (χ2v) is 7.75. The van der Waals surface area contributed by atoms with E-state index < -0.39 is 9.84 Å². The van der Waals surface area contributed by atoms with Crippen LogP contribution >= 0.6 is 0 Å². The molecule has 0 bridgehead atoms. The van der Waals surface area contributed by atoms with Gasteiger partial charge in [0.1, 0.15) is 5.52 Å². The number of benzene rings is 3. The largest absolute Gasteiger partial charge is 0.436 e. The third-order valence-electron chi connectivity index (χ3n) is 3.95. The smallest absolute Gasteiger partial charge is 0.227 e. The first-order valence-electron chi connectivity index (χ1n) is 7.84. The average Bonchev–Trinajstić information content (AvgIpc) is 3.07. The fourth-order valence-electron chi connectivity index (χ4n) is 2.67. The van der Waals surface area contributed by atoms with E-state index in [1.165, 1.54) is 0 Å². The van der Waals surface area contributed by atoms with Gasteiger partial charge in [0.25, 0.3) is 0 Å².